The first kappa shape index (κ1) is 24.8. The zero-order chi connectivity index (χ0) is 24.8. The molecule has 0 aromatic heterocycles. The average Bonchev–Trinajstić information content (AvgIpc) is 3.00. The fourth-order valence-corrected chi connectivity index (χ4v) is 5.39. The molecule has 2 aliphatic carbocycles. The topological polar surface area (TPSA) is 105 Å². The van der Waals surface area contributed by atoms with Crippen molar-refractivity contribution < 1.29 is 24.2 Å². The maximum atomic E-state index is 12.8. The number of amides is 2. The lowest BCUT2D eigenvalue weighted by Gasteiger charge is -2.29. The Hall–Kier alpha value is -3.35. The van der Waals surface area contributed by atoms with E-state index >= 15 is 0 Å². The molecule has 0 spiro atoms. The van der Waals surface area contributed by atoms with Crippen LogP contribution in [0.3, 0.4) is 0 Å². The van der Waals surface area contributed by atoms with E-state index in [1.165, 1.54) is 0 Å². The van der Waals surface area contributed by atoms with Gasteiger partial charge in [-0.3, -0.25) is 9.59 Å². The van der Waals surface area contributed by atoms with Gasteiger partial charge in [0.15, 0.2) is 0 Å². The van der Waals surface area contributed by atoms with Crippen LogP contribution in [0.4, 0.5) is 4.79 Å². The molecular formula is C28H34N2O5. The number of rotatable bonds is 8. The van der Waals surface area contributed by atoms with Crippen molar-refractivity contribution in [1.82, 2.24) is 10.6 Å². The standard InChI is InChI=1S/C28H34N2O5/c1-2-24(25(31)29-18-28(26(32)33)15-9-3-4-10-16-28)30-27(34)35-17-23-21-13-7-5-11-19(21)20-12-6-8-14-22(20)23/h5-8,11-14,23-24H,2-4,9-10,15-18H2,1H3,(H,29,31)(H,30,34)(H,32,33)/t24-/m1/s1. The summed E-state index contributed by atoms with van der Waals surface area (Å²) >= 11 is 0. The van der Waals surface area contributed by atoms with Crippen LogP contribution in [0.1, 0.15) is 68.9 Å². The summed E-state index contributed by atoms with van der Waals surface area (Å²) in [6.45, 7) is 2.04. The van der Waals surface area contributed by atoms with Crippen molar-refractivity contribution in [3.05, 3.63) is 59.7 Å². The molecule has 1 atom stereocenters. The molecule has 1 fully saturated rings. The second-order valence-corrected chi connectivity index (χ2v) is 9.65. The van der Waals surface area contributed by atoms with Crippen LogP contribution in [-0.2, 0) is 14.3 Å². The van der Waals surface area contributed by atoms with Crippen LogP contribution in [0.5, 0.6) is 0 Å². The molecule has 7 heteroatoms. The Labute approximate surface area is 206 Å². The van der Waals surface area contributed by atoms with Crippen LogP contribution in [-0.4, -0.2) is 42.3 Å². The Morgan fingerprint density at radius 2 is 1.54 bits per heavy atom. The molecule has 35 heavy (non-hydrogen) atoms. The van der Waals surface area contributed by atoms with Crippen LogP contribution in [0.25, 0.3) is 11.1 Å². The number of hydrogen-bond donors (Lipinski definition) is 3. The number of nitrogens with one attached hydrogen (secondary N) is 2. The summed E-state index contributed by atoms with van der Waals surface area (Å²) in [6, 6.07) is 15.4. The van der Waals surface area contributed by atoms with Crippen LogP contribution in [0.15, 0.2) is 48.5 Å². The minimum Gasteiger partial charge on any atom is -0.481 e. The lowest BCUT2D eigenvalue weighted by Crippen LogP contribution is -2.50. The summed E-state index contributed by atoms with van der Waals surface area (Å²) in [4.78, 5) is 37.4. The summed E-state index contributed by atoms with van der Waals surface area (Å²) < 4.78 is 5.57. The van der Waals surface area contributed by atoms with Crippen LogP contribution in [0.2, 0.25) is 0 Å². The number of alkyl carbamates (subject to hydrolysis) is 1. The third kappa shape index (κ3) is 5.34. The number of fused-ring (bicyclic) bond motifs is 3. The maximum Gasteiger partial charge on any atom is 0.407 e. The van der Waals surface area contributed by atoms with Crippen molar-refractivity contribution in [3.8, 4) is 11.1 Å². The van der Waals surface area contributed by atoms with Gasteiger partial charge in [0.05, 0.1) is 5.41 Å². The highest BCUT2D eigenvalue weighted by Crippen LogP contribution is 2.44. The van der Waals surface area contributed by atoms with Crippen molar-refractivity contribution in [1.29, 1.82) is 0 Å². The summed E-state index contributed by atoms with van der Waals surface area (Å²) in [7, 11) is 0. The summed E-state index contributed by atoms with van der Waals surface area (Å²) in [5.41, 5.74) is 3.60. The molecule has 0 bridgehead atoms. The van der Waals surface area contributed by atoms with E-state index in [9.17, 15) is 19.5 Å². The van der Waals surface area contributed by atoms with E-state index in [-0.39, 0.29) is 25.0 Å². The fraction of sp³-hybridized carbons (Fsp3) is 0.464. The summed E-state index contributed by atoms with van der Waals surface area (Å²) in [6.07, 6.45) is 4.55. The zero-order valence-electron chi connectivity index (χ0n) is 20.2. The first-order chi connectivity index (χ1) is 16.9. The molecule has 2 aromatic rings. The average molecular weight is 479 g/mol. The molecule has 3 N–H and O–H groups in total. The van der Waals surface area contributed by atoms with E-state index in [1.807, 2.05) is 24.3 Å². The van der Waals surface area contributed by atoms with Gasteiger partial charge in [0, 0.05) is 12.5 Å². The molecule has 7 nitrogen and oxygen atoms in total. The van der Waals surface area contributed by atoms with Crippen molar-refractivity contribution in [3.63, 3.8) is 0 Å². The number of carbonyl (C=O) groups excluding carboxylic acids is 2. The van der Waals surface area contributed by atoms with Gasteiger partial charge in [-0.1, -0.05) is 81.1 Å². The third-order valence-electron chi connectivity index (χ3n) is 7.48. The second kappa shape index (κ2) is 10.9. The number of carboxylic acids is 1. The number of carbonyl (C=O) groups is 3. The van der Waals surface area contributed by atoms with Crippen molar-refractivity contribution in [2.45, 2.75) is 63.8 Å². The lowest BCUT2D eigenvalue weighted by atomic mass is 9.80. The Balaban J connectivity index is 1.34. The van der Waals surface area contributed by atoms with Gasteiger partial charge in [-0.25, -0.2) is 4.79 Å². The van der Waals surface area contributed by atoms with Gasteiger partial charge in [0.25, 0.3) is 0 Å². The van der Waals surface area contributed by atoms with E-state index in [4.69, 9.17) is 4.74 Å². The molecule has 0 unspecified atom stereocenters. The van der Waals surface area contributed by atoms with Crippen molar-refractivity contribution in [2.75, 3.05) is 13.2 Å². The number of carboxylic acid groups (broad SMARTS) is 1. The van der Waals surface area contributed by atoms with Gasteiger partial charge < -0.3 is 20.5 Å². The highest BCUT2D eigenvalue weighted by atomic mass is 16.5. The van der Waals surface area contributed by atoms with Gasteiger partial charge in [-0.05, 0) is 41.5 Å². The fourth-order valence-electron chi connectivity index (χ4n) is 5.39. The summed E-state index contributed by atoms with van der Waals surface area (Å²) in [5, 5.41) is 15.3. The van der Waals surface area contributed by atoms with Crippen molar-refractivity contribution >= 4 is 18.0 Å². The molecule has 0 aliphatic heterocycles. The SMILES string of the molecule is CC[C@@H](NC(=O)OCC1c2ccccc2-c2ccccc21)C(=O)NCC1(C(=O)O)CCCCCC1. The molecule has 2 aromatic carbocycles. The predicted octanol–water partition coefficient (Wildman–Crippen LogP) is 4.85. The van der Waals surface area contributed by atoms with E-state index in [0.717, 1.165) is 47.9 Å². The number of aliphatic carboxylic acids is 1. The quantitative estimate of drug-likeness (QED) is 0.471. The first-order valence-corrected chi connectivity index (χ1v) is 12.6. The number of benzene rings is 2. The normalized spacial score (nSPS) is 17.4. The third-order valence-corrected chi connectivity index (χ3v) is 7.48. The largest absolute Gasteiger partial charge is 0.481 e. The Bertz CT molecular complexity index is 1030. The molecule has 186 valence electrons. The van der Waals surface area contributed by atoms with Crippen LogP contribution < -0.4 is 10.6 Å². The van der Waals surface area contributed by atoms with Gasteiger partial charge in [-0.15, -0.1) is 0 Å². The molecule has 1 saturated carbocycles. The van der Waals surface area contributed by atoms with E-state index < -0.39 is 23.5 Å². The highest BCUT2D eigenvalue weighted by molar-refractivity contribution is 5.86. The lowest BCUT2D eigenvalue weighted by molar-refractivity contribution is -0.149. The number of hydrogen-bond acceptors (Lipinski definition) is 4. The Morgan fingerprint density at radius 3 is 2.09 bits per heavy atom. The molecule has 2 amide bonds. The number of ether oxygens (including phenoxy) is 1. The van der Waals surface area contributed by atoms with Crippen LogP contribution in [0, 0.1) is 5.41 Å². The Morgan fingerprint density at radius 1 is 0.971 bits per heavy atom. The molecule has 2 aliphatic rings. The van der Waals surface area contributed by atoms with E-state index in [2.05, 4.69) is 34.9 Å². The molecule has 4 rings (SSSR count). The molecular weight excluding hydrogens is 444 g/mol. The van der Waals surface area contributed by atoms with Gasteiger partial charge >= 0.3 is 12.1 Å². The Kier molecular flexibility index (Phi) is 7.73. The smallest absolute Gasteiger partial charge is 0.407 e. The van der Waals surface area contributed by atoms with Gasteiger partial charge in [-0.2, -0.15) is 0 Å². The maximum absolute atomic E-state index is 12.8. The highest BCUT2D eigenvalue weighted by Gasteiger charge is 2.39. The summed E-state index contributed by atoms with van der Waals surface area (Å²) in [5.74, 6) is -1.31. The van der Waals surface area contributed by atoms with Gasteiger partial charge in [0.1, 0.15) is 12.6 Å². The van der Waals surface area contributed by atoms with E-state index in [1.54, 1.807) is 6.92 Å². The van der Waals surface area contributed by atoms with E-state index in [0.29, 0.717) is 19.3 Å². The van der Waals surface area contributed by atoms with Crippen molar-refractivity contribution in [2.24, 2.45) is 5.41 Å². The minimum absolute atomic E-state index is 0.0623. The second-order valence-electron chi connectivity index (χ2n) is 9.65. The minimum atomic E-state index is -0.936. The molecule has 0 heterocycles. The first-order valence-electron chi connectivity index (χ1n) is 12.6. The molecule has 0 saturated heterocycles. The van der Waals surface area contributed by atoms with Gasteiger partial charge in [0.2, 0.25) is 5.91 Å². The zero-order valence-corrected chi connectivity index (χ0v) is 20.2. The predicted molar refractivity (Wildman–Crippen MR) is 133 cm³/mol. The monoisotopic (exact) mass is 478 g/mol. The van der Waals surface area contributed by atoms with Crippen LogP contribution >= 0.6 is 0 Å². The molecule has 0 radical (unpaired) electrons.